The fourth-order valence-corrected chi connectivity index (χ4v) is 3.71. The summed E-state index contributed by atoms with van der Waals surface area (Å²) < 4.78 is 31.7. The van der Waals surface area contributed by atoms with E-state index in [1.165, 1.54) is 18.2 Å². The number of carboxylic acids is 1. The predicted molar refractivity (Wildman–Crippen MR) is 154 cm³/mol. The second-order valence-electron chi connectivity index (χ2n) is 11.2. The molecule has 0 heterocycles. The highest BCUT2D eigenvalue weighted by molar-refractivity contribution is 5.75. The van der Waals surface area contributed by atoms with Crippen molar-refractivity contribution >= 4 is 24.4 Å². The Labute approximate surface area is 248 Å². The van der Waals surface area contributed by atoms with E-state index >= 15 is 0 Å². The number of carbonyl (C=O) groups excluding carboxylic acids is 3. The van der Waals surface area contributed by atoms with Crippen LogP contribution in [-0.4, -0.2) is 60.5 Å². The minimum Gasteiger partial charge on any atom is -0.480 e. The number of carbonyl (C=O) groups is 4. The second-order valence-corrected chi connectivity index (χ2v) is 11.2. The lowest BCUT2D eigenvalue weighted by Crippen LogP contribution is -2.40. The molecule has 0 saturated carbocycles. The number of carboxylic acid groups (broad SMARTS) is 1. The van der Waals surface area contributed by atoms with Crippen molar-refractivity contribution in [1.82, 2.24) is 0 Å². The van der Waals surface area contributed by atoms with Crippen LogP contribution in [0.3, 0.4) is 0 Å². The van der Waals surface area contributed by atoms with Crippen molar-refractivity contribution in [3.05, 3.63) is 23.8 Å². The highest BCUT2D eigenvalue weighted by atomic mass is 16.8. The first-order valence-electron chi connectivity index (χ1n) is 14.3. The standard InChI is InChI=1S/C30H47NO11/c1-10-11-19(7)38-28(34)37-15-18(6)25(26(31)27(32)33)22-12-13-23(41-29(35)39-20(8)16(2)3)24(14-22)42-30(36)40-21(9)17(4)5/h12-14,16-21,25-26H,10-11,15,31H2,1-9H3,(H,32,33)/t18?,19?,20?,21?,25?,26-/m0/s1. The summed E-state index contributed by atoms with van der Waals surface area (Å²) in [5.41, 5.74) is 6.39. The van der Waals surface area contributed by atoms with Gasteiger partial charge in [-0.1, -0.05) is 54.0 Å². The average Bonchev–Trinajstić information content (AvgIpc) is 2.88. The molecule has 0 radical (unpaired) electrons. The van der Waals surface area contributed by atoms with Gasteiger partial charge in [0, 0.05) is 5.92 Å². The molecule has 0 aliphatic carbocycles. The van der Waals surface area contributed by atoms with Crippen LogP contribution in [-0.2, 0) is 23.7 Å². The van der Waals surface area contributed by atoms with Crippen LogP contribution in [0.4, 0.5) is 14.4 Å². The maximum atomic E-state index is 12.6. The zero-order valence-corrected chi connectivity index (χ0v) is 26.1. The molecule has 0 fully saturated rings. The van der Waals surface area contributed by atoms with Crippen molar-refractivity contribution in [3.63, 3.8) is 0 Å². The van der Waals surface area contributed by atoms with Gasteiger partial charge in [0.05, 0.1) is 6.61 Å². The largest absolute Gasteiger partial charge is 0.514 e. The summed E-state index contributed by atoms with van der Waals surface area (Å²) in [5.74, 6) is -3.18. The summed E-state index contributed by atoms with van der Waals surface area (Å²) in [6.45, 7) is 16.0. The zero-order valence-electron chi connectivity index (χ0n) is 26.1. The quantitative estimate of drug-likeness (QED) is 0.132. The molecule has 5 unspecified atom stereocenters. The van der Waals surface area contributed by atoms with Crippen molar-refractivity contribution < 1.29 is 52.7 Å². The van der Waals surface area contributed by atoms with Gasteiger partial charge in [0.2, 0.25) is 0 Å². The fraction of sp³-hybridized carbons (Fsp3) is 0.667. The number of nitrogens with two attached hydrogens (primary N) is 1. The monoisotopic (exact) mass is 597 g/mol. The average molecular weight is 598 g/mol. The number of benzene rings is 1. The molecular formula is C30H47NO11. The Morgan fingerprint density at radius 1 is 0.786 bits per heavy atom. The molecule has 0 aliphatic rings. The van der Waals surface area contributed by atoms with Crippen molar-refractivity contribution in [3.8, 4) is 11.5 Å². The molecule has 0 aliphatic heterocycles. The second kappa shape index (κ2) is 17.4. The van der Waals surface area contributed by atoms with Crippen molar-refractivity contribution in [2.45, 2.75) is 105 Å². The van der Waals surface area contributed by atoms with Gasteiger partial charge < -0.3 is 39.3 Å². The molecule has 3 N–H and O–H groups in total. The molecule has 1 aromatic rings. The molecule has 1 aromatic carbocycles. The summed E-state index contributed by atoms with van der Waals surface area (Å²) in [5, 5.41) is 9.74. The molecule has 0 bridgehead atoms. The van der Waals surface area contributed by atoms with E-state index < -0.39 is 54.5 Å². The molecule has 12 heteroatoms. The van der Waals surface area contributed by atoms with Crippen LogP contribution in [0.25, 0.3) is 0 Å². The fourth-order valence-electron chi connectivity index (χ4n) is 3.71. The normalized spacial score (nSPS) is 15.5. The molecule has 1 rings (SSSR count). The zero-order chi connectivity index (χ0) is 32.1. The van der Waals surface area contributed by atoms with Crippen LogP contribution in [0.15, 0.2) is 18.2 Å². The van der Waals surface area contributed by atoms with E-state index in [4.69, 9.17) is 34.2 Å². The van der Waals surface area contributed by atoms with Crippen LogP contribution in [0, 0.1) is 17.8 Å². The van der Waals surface area contributed by atoms with Crippen LogP contribution in [0.1, 0.15) is 86.6 Å². The predicted octanol–water partition coefficient (Wildman–Crippen LogP) is 6.28. The number of hydrogen-bond donors (Lipinski definition) is 2. The van der Waals surface area contributed by atoms with Gasteiger partial charge in [-0.2, -0.15) is 0 Å². The highest BCUT2D eigenvalue weighted by Crippen LogP contribution is 2.36. The van der Waals surface area contributed by atoms with E-state index in [-0.39, 0.29) is 36.0 Å². The molecule has 238 valence electrons. The molecule has 0 spiro atoms. The number of rotatable bonds is 15. The van der Waals surface area contributed by atoms with Gasteiger partial charge in [-0.25, -0.2) is 14.4 Å². The summed E-state index contributed by atoms with van der Waals surface area (Å²) in [6.07, 6.45) is -2.74. The van der Waals surface area contributed by atoms with Crippen LogP contribution in [0.2, 0.25) is 0 Å². The first kappa shape index (κ1) is 36.5. The third kappa shape index (κ3) is 12.1. The Balaban J connectivity index is 3.35. The van der Waals surface area contributed by atoms with Crippen molar-refractivity contribution in [2.24, 2.45) is 23.5 Å². The smallest absolute Gasteiger partial charge is 0.480 e. The molecule has 6 atom stereocenters. The van der Waals surface area contributed by atoms with Gasteiger partial charge in [0.25, 0.3) is 0 Å². The van der Waals surface area contributed by atoms with E-state index in [0.29, 0.717) is 12.0 Å². The third-order valence-electron chi connectivity index (χ3n) is 6.92. The van der Waals surface area contributed by atoms with Gasteiger partial charge in [-0.3, -0.25) is 4.79 Å². The minimum absolute atomic E-state index is 0.00236. The lowest BCUT2D eigenvalue weighted by Gasteiger charge is -2.28. The summed E-state index contributed by atoms with van der Waals surface area (Å²) >= 11 is 0. The first-order valence-corrected chi connectivity index (χ1v) is 14.3. The Kier molecular flexibility index (Phi) is 15.1. The van der Waals surface area contributed by atoms with Gasteiger partial charge >= 0.3 is 24.4 Å². The number of ether oxygens (including phenoxy) is 6. The summed E-state index contributed by atoms with van der Waals surface area (Å²) in [4.78, 5) is 49.1. The molecule has 0 amide bonds. The van der Waals surface area contributed by atoms with Gasteiger partial charge in [0.1, 0.15) is 24.4 Å². The first-order chi connectivity index (χ1) is 19.6. The molecule has 12 nitrogen and oxygen atoms in total. The third-order valence-corrected chi connectivity index (χ3v) is 6.92. The van der Waals surface area contributed by atoms with Gasteiger partial charge in [-0.05, 0) is 62.6 Å². The Bertz CT molecular complexity index is 1040. The maximum Gasteiger partial charge on any atom is 0.514 e. The highest BCUT2D eigenvalue weighted by Gasteiger charge is 2.33. The van der Waals surface area contributed by atoms with E-state index in [1.54, 1.807) is 27.7 Å². The Hall–Kier alpha value is -3.54. The topological polar surface area (TPSA) is 170 Å². The van der Waals surface area contributed by atoms with Crippen LogP contribution >= 0.6 is 0 Å². The van der Waals surface area contributed by atoms with Gasteiger partial charge in [0.15, 0.2) is 11.5 Å². The number of aliphatic carboxylic acids is 1. The van der Waals surface area contributed by atoms with Crippen LogP contribution < -0.4 is 15.2 Å². The molecule has 0 aromatic heterocycles. The molecule has 42 heavy (non-hydrogen) atoms. The SMILES string of the molecule is CCCC(C)OC(=O)OCC(C)C(c1ccc(OC(=O)OC(C)C(C)C)c(OC(=O)OC(C)C(C)C)c1)[C@H](N)C(=O)O. The van der Waals surface area contributed by atoms with E-state index in [1.807, 2.05) is 34.6 Å². The lowest BCUT2D eigenvalue weighted by molar-refractivity contribution is -0.139. The van der Waals surface area contributed by atoms with E-state index in [0.717, 1.165) is 6.42 Å². The summed E-state index contributed by atoms with van der Waals surface area (Å²) in [6, 6.07) is 2.72. The van der Waals surface area contributed by atoms with E-state index in [2.05, 4.69) is 0 Å². The maximum absolute atomic E-state index is 12.6. The van der Waals surface area contributed by atoms with Crippen LogP contribution in [0.5, 0.6) is 11.5 Å². The van der Waals surface area contributed by atoms with Crippen molar-refractivity contribution in [2.75, 3.05) is 6.61 Å². The Morgan fingerprint density at radius 2 is 1.31 bits per heavy atom. The number of hydrogen-bond acceptors (Lipinski definition) is 11. The van der Waals surface area contributed by atoms with Crippen molar-refractivity contribution in [1.29, 1.82) is 0 Å². The molecular weight excluding hydrogens is 550 g/mol. The summed E-state index contributed by atoms with van der Waals surface area (Å²) in [7, 11) is 0. The van der Waals surface area contributed by atoms with E-state index in [9.17, 15) is 24.3 Å². The lowest BCUT2D eigenvalue weighted by atomic mass is 9.82. The Morgan fingerprint density at radius 3 is 1.79 bits per heavy atom. The van der Waals surface area contributed by atoms with Gasteiger partial charge in [-0.15, -0.1) is 0 Å². The minimum atomic E-state index is -1.43. The molecule has 0 saturated heterocycles.